The molecule has 1 heterocycles. The summed E-state index contributed by atoms with van der Waals surface area (Å²) in [6, 6.07) is 6.56. The van der Waals surface area contributed by atoms with Crippen molar-refractivity contribution in [2.24, 2.45) is 0 Å². The molecule has 0 aliphatic carbocycles. The Kier molecular flexibility index (Phi) is 6.88. The number of benzene rings is 2. The van der Waals surface area contributed by atoms with Crippen molar-refractivity contribution >= 4 is 57.9 Å². The van der Waals surface area contributed by atoms with Gasteiger partial charge in [-0.25, -0.2) is 13.8 Å². The van der Waals surface area contributed by atoms with Crippen LogP contribution in [-0.4, -0.2) is 23.0 Å². The first-order valence-electron chi connectivity index (χ1n) is 8.64. The normalized spacial score (nSPS) is 10.4. The minimum atomic E-state index is -0.704. The Hall–Kier alpha value is -3.43. The molecule has 3 aromatic rings. The third-order valence-electron chi connectivity index (χ3n) is 3.92. The zero-order chi connectivity index (χ0) is 22.5. The molecule has 0 spiro atoms. The number of nitrogens with zero attached hydrogens (tertiary/aromatic N) is 2. The van der Waals surface area contributed by atoms with Crippen LogP contribution in [0.4, 0.5) is 37.6 Å². The van der Waals surface area contributed by atoms with Crippen molar-refractivity contribution in [1.29, 1.82) is 0 Å². The van der Waals surface area contributed by atoms with Crippen molar-refractivity contribution in [3.63, 3.8) is 0 Å². The molecular weight excluding hydrogens is 451 g/mol. The summed E-state index contributed by atoms with van der Waals surface area (Å²) >= 11 is 11.9. The largest absolute Gasteiger partial charge is 0.492 e. The quantitative estimate of drug-likeness (QED) is 0.389. The molecule has 1 aromatic heterocycles. The monoisotopic (exact) mass is 465 g/mol. The maximum atomic E-state index is 14.2. The number of carbonyl (C=O) groups is 1. The molecule has 0 radical (unpaired) electrons. The van der Waals surface area contributed by atoms with Crippen LogP contribution in [0.15, 0.2) is 49.2 Å². The van der Waals surface area contributed by atoms with E-state index in [0.29, 0.717) is 5.69 Å². The Morgan fingerprint density at radius 1 is 1.13 bits per heavy atom. The molecule has 2 aromatic carbocycles. The van der Waals surface area contributed by atoms with Crippen LogP contribution >= 0.6 is 23.2 Å². The molecule has 0 bridgehead atoms. The van der Waals surface area contributed by atoms with Gasteiger partial charge >= 0.3 is 0 Å². The number of aromatic nitrogens is 2. The molecule has 0 aliphatic heterocycles. The van der Waals surface area contributed by atoms with Gasteiger partial charge in [0.25, 0.3) is 0 Å². The fraction of sp³-hybridized carbons (Fsp3) is 0.0500. The number of hydrogen-bond donors (Lipinski definition) is 3. The van der Waals surface area contributed by atoms with Crippen LogP contribution in [-0.2, 0) is 4.79 Å². The number of methoxy groups -OCH3 is 1. The first-order chi connectivity index (χ1) is 14.8. The summed E-state index contributed by atoms with van der Waals surface area (Å²) in [5.41, 5.74) is 0.554. The van der Waals surface area contributed by atoms with Gasteiger partial charge in [0, 0.05) is 5.69 Å². The second-order valence-electron chi connectivity index (χ2n) is 5.97. The van der Waals surface area contributed by atoms with E-state index < -0.39 is 17.5 Å². The Morgan fingerprint density at radius 3 is 2.55 bits per heavy atom. The number of nitrogens with one attached hydrogen (secondary N) is 3. The number of rotatable bonds is 7. The lowest BCUT2D eigenvalue weighted by Gasteiger charge is -2.16. The van der Waals surface area contributed by atoms with E-state index in [4.69, 9.17) is 27.9 Å². The van der Waals surface area contributed by atoms with E-state index >= 15 is 0 Å². The maximum absolute atomic E-state index is 14.2. The van der Waals surface area contributed by atoms with Gasteiger partial charge in [0.2, 0.25) is 11.9 Å². The van der Waals surface area contributed by atoms with E-state index in [1.54, 1.807) is 0 Å². The molecule has 0 aliphatic rings. The number of anilines is 5. The number of amides is 1. The van der Waals surface area contributed by atoms with Gasteiger partial charge in [0.15, 0.2) is 17.4 Å². The number of halogens is 4. The third kappa shape index (κ3) is 5.19. The van der Waals surface area contributed by atoms with Crippen LogP contribution in [0.5, 0.6) is 5.75 Å². The first kappa shape index (κ1) is 22.3. The van der Waals surface area contributed by atoms with E-state index in [0.717, 1.165) is 12.1 Å². The van der Waals surface area contributed by atoms with Crippen LogP contribution in [0.25, 0.3) is 0 Å². The molecule has 1 amide bonds. The van der Waals surface area contributed by atoms with Crippen LogP contribution in [0.3, 0.4) is 0 Å². The van der Waals surface area contributed by atoms with Crippen LogP contribution < -0.4 is 20.7 Å². The molecule has 7 nitrogen and oxygen atoms in total. The molecular formula is C20H15Cl2F2N5O2. The number of carbonyl (C=O) groups excluding carboxylic acids is 1. The van der Waals surface area contributed by atoms with E-state index in [1.807, 2.05) is 0 Å². The van der Waals surface area contributed by atoms with Crippen LogP contribution in [0.1, 0.15) is 0 Å². The van der Waals surface area contributed by atoms with Crippen molar-refractivity contribution in [2.45, 2.75) is 0 Å². The highest BCUT2D eigenvalue weighted by Gasteiger charge is 2.17. The van der Waals surface area contributed by atoms with Gasteiger partial charge in [-0.2, -0.15) is 4.98 Å². The summed E-state index contributed by atoms with van der Waals surface area (Å²) in [6.45, 7) is 3.34. The van der Waals surface area contributed by atoms with Crippen molar-refractivity contribution in [3.05, 3.63) is 70.9 Å². The molecule has 0 saturated carbocycles. The molecule has 0 saturated heterocycles. The van der Waals surface area contributed by atoms with Crippen LogP contribution in [0, 0.1) is 11.6 Å². The highest BCUT2D eigenvalue weighted by atomic mass is 35.5. The third-order valence-corrected chi connectivity index (χ3v) is 4.48. The lowest BCUT2D eigenvalue weighted by Crippen LogP contribution is -2.11. The summed E-state index contributed by atoms with van der Waals surface area (Å²) in [7, 11) is 1.32. The summed E-state index contributed by atoms with van der Waals surface area (Å²) in [5, 5.41) is 8.27. The average Bonchev–Trinajstić information content (AvgIpc) is 2.75. The van der Waals surface area contributed by atoms with Gasteiger partial charge in [-0.05, 0) is 36.4 Å². The molecule has 31 heavy (non-hydrogen) atoms. The lowest BCUT2D eigenvalue weighted by molar-refractivity contribution is -0.111. The standard InChI is InChI=1S/C20H15Cl2F2N5O2/c1-3-16(30)28-17-14(24)6-7-15(18(17)31-2)27-20-25-9-12(22)19(29-20)26-10-4-5-13(23)11(21)8-10/h3-9H,1H2,2H3,(H,28,30)(H2,25,26,27,29). The molecule has 0 unspecified atom stereocenters. The first-order valence-corrected chi connectivity index (χ1v) is 9.39. The second-order valence-corrected chi connectivity index (χ2v) is 6.78. The molecule has 0 atom stereocenters. The van der Waals surface area contributed by atoms with Crippen molar-refractivity contribution in [3.8, 4) is 5.75 Å². The smallest absolute Gasteiger partial charge is 0.247 e. The van der Waals surface area contributed by atoms with E-state index in [9.17, 15) is 13.6 Å². The SMILES string of the molecule is C=CC(=O)Nc1c(F)ccc(Nc2ncc(Cl)c(Nc3ccc(F)c(Cl)c3)n2)c1OC. The highest BCUT2D eigenvalue weighted by molar-refractivity contribution is 6.33. The maximum Gasteiger partial charge on any atom is 0.247 e. The Balaban J connectivity index is 1.91. The lowest BCUT2D eigenvalue weighted by atomic mass is 10.2. The minimum Gasteiger partial charge on any atom is -0.492 e. The van der Waals surface area contributed by atoms with E-state index in [2.05, 4.69) is 32.5 Å². The molecule has 11 heteroatoms. The number of hydrogen-bond acceptors (Lipinski definition) is 6. The fourth-order valence-corrected chi connectivity index (χ4v) is 2.82. The van der Waals surface area contributed by atoms with Crippen molar-refractivity contribution in [1.82, 2.24) is 9.97 Å². The fourth-order valence-electron chi connectivity index (χ4n) is 2.51. The summed E-state index contributed by atoms with van der Waals surface area (Å²) < 4.78 is 32.8. The predicted octanol–water partition coefficient (Wildman–Crippen LogP) is 5.68. The Bertz CT molecular complexity index is 1160. The van der Waals surface area contributed by atoms with Crippen molar-refractivity contribution in [2.75, 3.05) is 23.1 Å². The summed E-state index contributed by atoms with van der Waals surface area (Å²) in [5.74, 6) is -1.56. The van der Waals surface area contributed by atoms with Gasteiger partial charge in [0.1, 0.15) is 16.5 Å². The van der Waals surface area contributed by atoms with Gasteiger partial charge in [0.05, 0.1) is 24.0 Å². The zero-order valence-corrected chi connectivity index (χ0v) is 17.5. The molecule has 3 N–H and O–H groups in total. The van der Waals surface area contributed by atoms with E-state index in [1.165, 1.54) is 37.6 Å². The average molecular weight is 466 g/mol. The summed E-state index contributed by atoms with van der Waals surface area (Å²) in [4.78, 5) is 20.0. The number of ether oxygens (including phenoxy) is 1. The van der Waals surface area contributed by atoms with E-state index in [-0.39, 0.29) is 38.9 Å². The van der Waals surface area contributed by atoms with Gasteiger partial charge in [-0.3, -0.25) is 4.79 Å². The topological polar surface area (TPSA) is 88.2 Å². The minimum absolute atomic E-state index is 0.0218. The molecule has 3 rings (SSSR count). The molecule has 0 fully saturated rings. The van der Waals surface area contributed by atoms with Gasteiger partial charge in [-0.15, -0.1) is 0 Å². The Morgan fingerprint density at radius 2 is 1.87 bits per heavy atom. The highest BCUT2D eigenvalue weighted by Crippen LogP contribution is 2.37. The Labute approximate surface area is 186 Å². The van der Waals surface area contributed by atoms with Crippen molar-refractivity contribution < 1.29 is 18.3 Å². The summed E-state index contributed by atoms with van der Waals surface area (Å²) in [6.07, 6.45) is 2.34. The zero-order valence-electron chi connectivity index (χ0n) is 16.0. The van der Waals surface area contributed by atoms with Gasteiger partial charge < -0.3 is 20.7 Å². The molecule has 160 valence electrons. The predicted molar refractivity (Wildman–Crippen MR) is 117 cm³/mol. The second kappa shape index (κ2) is 9.59. The van der Waals surface area contributed by atoms with Gasteiger partial charge in [-0.1, -0.05) is 29.8 Å². The van der Waals surface area contributed by atoms with Crippen LogP contribution in [0.2, 0.25) is 10.0 Å².